The fourth-order valence-corrected chi connectivity index (χ4v) is 6.52. The monoisotopic (exact) mass is 580 g/mol. The predicted octanol–water partition coefficient (Wildman–Crippen LogP) is 11.8. The Morgan fingerprint density at radius 1 is 0.578 bits per heavy atom. The van der Waals surface area contributed by atoms with Crippen LogP contribution in [0.1, 0.15) is 18.7 Å². The zero-order valence-electron chi connectivity index (χ0n) is 24.5. The van der Waals surface area contributed by atoms with E-state index in [0.29, 0.717) is 5.89 Å². The highest BCUT2D eigenvalue weighted by Gasteiger charge is 2.19. The number of nitrogens with zero attached hydrogens (tertiary/aromatic N) is 2. The van der Waals surface area contributed by atoms with E-state index in [0.717, 1.165) is 90.4 Å². The molecule has 2 aromatic heterocycles. The highest BCUT2D eigenvalue weighted by Crippen LogP contribution is 2.41. The Morgan fingerprint density at radius 3 is 2.16 bits per heavy atom. The summed E-state index contributed by atoms with van der Waals surface area (Å²) in [6.07, 6.45) is 8.57. The Hall–Kier alpha value is -5.87. The molecule has 4 heteroatoms. The van der Waals surface area contributed by atoms with Gasteiger partial charge in [0.2, 0.25) is 5.89 Å². The molecule has 6 aromatic carbocycles. The maximum Gasteiger partial charge on any atom is 0.227 e. The maximum atomic E-state index is 6.47. The standard InChI is InChI=1S/C41H28N2O2/c1-3-11-28(12-4-1)41-42-39-36(25-29-13-7-8-16-33(29)40(39)45-41)27-19-21-31(22-20-27)43(30-14-5-2-6-15-30)32-23-24-35-34-17-9-10-18-37(34)44-38(35)26-32/h2-3,5-26H,1,4H2. The lowest BCUT2D eigenvalue weighted by atomic mass is 9.99. The van der Waals surface area contributed by atoms with Gasteiger partial charge in [-0.1, -0.05) is 91.0 Å². The second-order valence-electron chi connectivity index (χ2n) is 11.5. The van der Waals surface area contributed by atoms with Crippen LogP contribution in [0.4, 0.5) is 17.1 Å². The molecule has 0 amide bonds. The molecule has 1 aliphatic rings. The Kier molecular flexibility index (Phi) is 5.91. The molecule has 0 saturated carbocycles. The van der Waals surface area contributed by atoms with E-state index >= 15 is 0 Å². The molecule has 1 aliphatic carbocycles. The van der Waals surface area contributed by atoms with Gasteiger partial charge < -0.3 is 13.7 Å². The van der Waals surface area contributed by atoms with Crippen LogP contribution in [-0.4, -0.2) is 4.98 Å². The SMILES string of the molecule is C1=CC(c2nc3c(-c4ccc(N(c5ccccc5)c5ccc6c(c5)oc5ccccc56)cc4)cc4ccccc4c3o2)=CCC1. The van der Waals surface area contributed by atoms with Crippen molar-refractivity contribution >= 4 is 66.4 Å². The van der Waals surface area contributed by atoms with Gasteiger partial charge in [-0.25, -0.2) is 4.98 Å². The normalized spacial score (nSPS) is 13.2. The molecule has 0 atom stereocenters. The molecule has 0 unspecified atom stereocenters. The molecule has 45 heavy (non-hydrogen) atoms. The summed E-state index contributed by atoms with van der Waals surface area (Å²) < 4.78 is 12.7. The number of benzene rings is 6. The van der Waals surface area contributed by atoms with Gasteiger partial charge >= 0.3 is 0 Å². The number of hydrogen-bond donors (Lipinski definition) is 0. The van der Waals surface area contributed by atoms with Crippen molar-refractivity contribution in [2.75, 3.05) is 4.90 Å². The highest BCUT2D eigenvalue weighted by molar-refractivity contribution is 6.10. The van der Waals surface area contributed by atoms with Crippen molar-refractivity contribution in [2.24, 2.45) is 0 Å². The smallest absolute Gasteiger partial charge is 0.227 e. The fourth-order valence-electron chi connectivity index (χ4n) is 6.52. The number of aromatic nitrogens is 1. The predicted molar refractivity (Wildman–Crippen MR) is 185 cm³/mol. The molecular formula is C41H28N2O2. The van der Waals surface area contributed by atoms with E-state index in [2.05, 4.69) is 132 Å². The van der Waals surface area contributed by atoms with Crippen LogP contribution >= 0.6 is 0 Å². The first kappa shape index (κ1) is 25.6. The quantitative estimate of drug-likeness (QED) is 0.203. The van der Waals surface area contributed by atoms with E-state index in [1.165, 1.54) is 0 Å². The molecular weight excluding hydrogens is 552 g/mol. The largest absolute Gasteiger partial charge is 0.456 e. The molecule has 9 rings (SSSR count). The van der Waals surface area contributed by atoms with Crippen molar-refractivity contribution in [1.82, 2.24) is 4.98 Å². The van der Waals surface area contributed by atoms with Gasteiger partial charge in [0, 0.05) is 50.4 Å². The van der Waals surface area contributed by atoms with Crippen molar-refractivity contribution in [3.05, 3.63) is 152 Å². The van der Waals surface area contributed by atoms with E-state index in [4.69, 9.17) is 13.8 Å². The minimum absolute atomic E-state index is 0.673. The summed E-state index contributed by atoms with van der Waals surface area (Å²) in [4.78, 5) is 7.32. The van der Waals surface area contributed by atoms with Crippen molar-refractivity contribution in [3.63, 3.8) is 0 Å². The van der Waals surface area contributed by atoms with Gasteiger partial charge in [-0.15, -0.1) is 0 Å². The van der Waals surface area contributed by atoms with Crippen molar-refractivity contribution in [3.8, 4) is 11.1 Å². The van der Waals surface area contributed by atoms with Gasteiger partial charge in [0.1, 0.15) is 16.7 Å². The Labute approximate surface area is 260 Å². The average Bonchev–Trinajstić information content (AvgIpc) is 3.72. The third kappa shape index (κ3) is 4.34. The summed E-state index contributed by atoms with van der Waals surface area (Å²) in [6.45, 7) is 0. The Morgan fingerprint density at radius 2 is 1.31 bits per heavy atom. The number of furan rings is 1. The summed E-state index contributed by atoms with van der Waals surface area (Å²) in [6, 6.07) is 44.4. The van der Waals surface area contributed by atoms with Crippen LogP contribution in [0.25, 0.3) is 60.5 Å². The molecule has 0 saturated heterocycles. The average molecular weight is 581 g/mol. The van der Waals surface area contributed by atoms with E-state index in [1.54, 1.807) is 0 Å². The van der Waals surface area contributed by atoms with Gasteiger partial charge in [0.15, 0.2) is 5.58 Å². The Bertz CT molecular complexity index is 2430. The molecule has 0 fully saturated rings. The van der Waals surface area contributed by atoms with E-state index < -0.39 is 0 Å². The van der Waals surface area contributed by atoms with Crippen LogP contribution in [0.15, 0.2) is 154 Å². The van der Waals surface area contributed by atoms with E-state index in [1.807, 2.05) is 18.2 Å². The van der Waals surface area contributed by atoms with Crippen LogP contribution in [-0.2, 0) is 0 Å². The van der Waals surface area contributed by atoms with Gasteiger partial charge in [0.25, 0.3) is 0 Å². The summed E-state index contributed by atoms with van der Waals surface area (Å²) in [7, 11) is 0. The molecule has 0 N–H and O–H groups in total. The second-order valence-corrected chi connectivity index (χ2v) is 11.5. The lowest BCUT2D eigenvalue weighted by Gasteiger charge is -2.25. The summed E-state index contributed by atoms with van der Waals surface area (Å²) >= 11 is 0. The molecule has 0 spiro atoms. The number of para-hydroxylation sites is 2. The number of oxazole rings is 1. The molecule has 0 bridgehead atoms. The van der Waals surface area contributed by atoms with Crippen LogP contribution in [0.3, 0.4) is 0 Å². The molecule has 0 aliphatic heterocycles. The lowest BCUT2D eigenvalue weighted by Crippen LogP contribution is -2.09. The second kappa shape index (κ2) is 10.4. The third-order valence-corrected chi connectivity index (χ3v) is 8.70. The van der Waals surface area contributed by atoms with Crippen LogP contribution in [0, 0.1) is 0 Å². The Balaban J connectivity index is 1.17. The van der Waals surface area contributed by atoms with Crippen LogP contribution in [0.2, 0.25) is 0 Å². The van der Waals surface area contributed by atoms with Gasteiger partial charge in [-0.3, -0.25) is 0 Å². The minimum Gasteiger partial charge on any atom is -0.456 e. The van der Waals surface area contributed by atoms with Gasteiger partial charge in [0.05, 0.1) is 0 Å². The van der Waals surface area contributed by atoms with E-state index in [-0.39, 0.29) is 0 Å². The van der Waals surface area contributed by atoms with Crippen LogP contribution < -0.4 is 4.90 Å². The minimum atomic E-state index is 0.673. The van der Waals surface area contributed by atoms with Gasteiger partial charge in [-0.2, -0.15) is 0 Å². The molecule has 214 valence electrons. The first-order valence-corrected chi connectivity index (χ1v) is 15.4. The summed E-state index contributed by atoms with van der Waals surface area (Å²) in [5.41, 5.74) is 9.82. The third-order valence-electron chi connectivity index (χ3n) is 8.70. The lowest BCUT2D eigenvalue weighted by molar-refractivity contribution is 0.588. The zero-order valence-corrected chi connectivity index (χ0v) is 24.5. The van der Waals surface area contributed by atoms with Crippen molar-refractivity contribution in [1.29, 1.82) is 0 Å². The maximum absolute atomic E-state index is 6.47. The summed E-state index contributed by atoms with van der Waals surface area (Å²) in [5.74, 6) is 0.673. The number of hydrogen-bond acceptors (Lipinski definition) is 4. The molecule has 8 aromatic rings. The topological polar surface area (TPSA) is 42.4 Å². The number of anilines is 3. The van der Waals surface area contributed by atoms with Crippen LogP contribution in [0.5, 0.6) is 0 Å². The van der Waals surface area contributed by atoms with Crippen molar-refractivity contribution in [2.45, 2.75) is 12.8 Å². The molecule has 0 radical (unpaired) electrons. The number of fused-ring (bicyclic) bond motifs is 6. The first-order valence-electron chi connectivity index (χ1n) is 15.4. The fraction of sp³-hybridized carbons (Fsp3) is 0.0488. The first-order chi connectivity index (χ1) is 22.3. The van der Waals surface area contributed by atoms with Crippen molar-refractivity contribution < 1.29 is 8.83 Å². The molecule has 2 heterocycles. The zero-order chi connectivity index (χ0) is 29.7. The highest BCUT2D eigenvalue weighted by atomic mass is 16.3. The molecule has 4 nitrogen and oxygen atoms in total. The number of rotatable bonds is 5. The number of allylic oxidation sites excluding steroid dienone is 4. The van der Waals surface area contributed by atoms with Gasteiger partial charge in [-0.05, 0) is 72.3 Å². The van der Waals surface area contributed by atoms with E-state index in [9.17, 15) is 0 Å². The summed E-state index contributed by atoms with van der Waals surface area (Å²) in [5, 5.41) is 4.45.